The topological polar surface area (TPSA) is 72.2 Å². The normalized spacial score (nSPS) is 11.4. The first kappa shape index (κ1) is 19.8. The summed E-state index contributed by atoms with van der Waals surface area (Å²) >= 11 is 0. The number of oxazole rings is 1. The van der Waals surface area contributed by atoms with Crippen molar-refractivity contribution in [2.24, 2.45) is 0 Å². The van der Waals surface area contributed by atoms with E-state index >= 15 is 0 Å². The van der Waals surface area contributed by atoms with E-state index < -0.39 is 15.7 Å². The quantitative estimate of drug-likeness (QED) is 0.419. The fourth-order valence-electron chi connectivity index (χ4n) is 2.99. The van der Waals surface area contributed by atoms with E-state index in [0.29, 0.717) is 11.3 Å². The van der Waals surface area contributed by atoms with Gasteiger partial charge in [0.2, 0.25) is 26.6 Å². The second-order valence-corrected chi connectivity index (χ2v) is 8.78. The molecule has 0 atom stereocenters. The lowest BCUT2D eigenvalue weighted by molar-refractivity contribution is 0.581. The van der Waals surface area contributed by atoms with Gasteiger partial charge in [-0.2, -0.15) is 4.98 Å². The van der Waals surface area contributed by atoms with Crippen LogP contribution in [-0.4, -0.2) is 13.4 Å². The number of anilines is 2. The first-order chi connectivity index (χ1) is 14.3. The van der Waals surface area contributed by atoms with Crippen LogP contribution < -0.4 is 5.32 Å². The number of halogens is 1. The molecule has 1 aromatic heterocycles. The molecule has 0 amide bonds. The predicted molar refractivity (Wildman–Crippen MR) is 113 cm³/mol. The molecule has 0 saturated heterocycles. The number of hydrogen-bond donors (Lipinski definition) is 1. The molecule has 0 aliphatic rings. The molecular formula is C23H19FN2O3S. The van der Waals surface area contributed by atoms with Crippen molar-refractivity contribution in [3.05, 3.63) is 89.7 Å². The van der Waals surface area contributed by atoms with Crippen LogP contribution in [-0.2, 0) is 9.84 Å². The Labute approximate surface area is 174 Å². The van der Waals surface area contributed by atoms with Crippen molar-refractivity contribution in [3.63, 3.8) is 0 Å². The van der Waals surface area contributed by atoms with Crippen LogP contribution in [0.4, 0.5) is 16.0 Å². The minimum Gasteiger partial charge on any atom is -0.419 e. The zero-order valence-corrected chi connectivity index (χ0v) is 17.2. The van der Waals surface area contributed by atoms with Crippen molar-refractivity contribution in [1.82, 2.24) is 4.98 Å². The molecule has 0 aliphatic carbocycles. The smallest absolute Gasteiger partial charge is 0.238 e. The van der Waals surface area contributed by atoms with Crippen molar-refractivity contribution in [3.8, 4) is 11.5 Å². The Morgan fingerprint density at radius 3 is 2.23 bits per heavy atom. The van der Waals surface area contributed by atoms with Crippen LogP contribution in [0.15, 0.2) is 87.1 Å². The molecule has 0 unspecified atom stereocenters. The molecule has 0 aliphatic heterocycles. The Hall–Kier alpha value is -3.45. The van der Waals surface area contributed by atoms with Crippen molar-refractivity contribution in [2.45, 2.75) is 23.8 Å². The number of nitrogens with one attached hydrogen (secondary N) is 1. The molecule has 0 saturated carbocycles. The maximum Gasteiger partial charge on any atom is 0.238 e. The van der Waals surface area contributed by atoms with E-state index in [9.17, 15) is 12.8 Å². The standard InChI is InChI=1S/C23H19FN2O3S/c1-15-7-11-18(12-8-15)25-22-23(30(27,28)19-13-9-17(24)10-14-19)26-21(29-22)20-6-4-3-5-16(20)2/h3-14,25H,1-2H3. The zero-order valence-electron chi connectivity index (χ0n) is 16.4. The Bertz CT molecular complexity index is 1300. The molecule has 0 radical (unpaired) electrons. The van der Waals surface area contributed by atoms with Gasteiger partial charge in [0.15, 0.2) is 0 Å². The Balaban J connectivity index is 1.85. The fraction of sp³-hybridized carbons (Fsp3) is 0.0870. The first-order valence-corrected chi connectivity index (χ1v) is 10.7. The molecule has 0 spiro atoms. The lowest BCUT2D eigenvalue weighted by atomic mass is 10.1. The van der Waals surface area contributed by atoms with Gasteiger partial charge in [0.25, 0.3) is 0 Å². The van der Waals surface area contributed by atoms with E-state index in [0.717, 1.165) is 23.3 Å². The zero-order chi connectivity index (χ0) is 21.3. The summed E-state index contributed by atoms with van der Waals surface area (Å²) in [5, 5.41) is 2.76. The highest BCUT2D eigenvalue weighted by atomic mass is 32.2. The third-order valence-corrected chi connectivity index (χ3v) is 6.34. The third-order valence-electron chi connectivity index (χ3n) is 4.66. The van der Waals surface area contributed by atoms with Crippen molar-refractivity contribution >= 4 is 21.4 Å². The van der Waals surface area contributed by atoms with Gasteiger partial charge in [-0.3, -0.25) is 0 Å². The molecule has 1 heterocycles. The van der Waals surface area contributed by atoms with E-state index in [2.05, 4.69) is 10.3 Å². The number of aromatic nitrogens is 1. The average Bonchev–Trinajstić information content (AvgIpc) is 3.15. The third kappa shape index (κ3) is 3.84. The first-order valence-electron chi connectivity index (χ1n) is 9.26. The molecule has 5 nitrogen and oxygen atoms in total. The van der Waals surface area contributed by atoms with Gasteiger partial charge in [0, 0.05) is 11.3 Å². The van der Waals surface area contributed by atoms with Crippen molar-refractivity contribution in [2.75, 3.05) is 5.32 Å². The van der Waals surface area contributed by atoms with Crippen LogP contribution in [0.2, 0.25) is 0 Å². The van der Waals surface area contributed by atoms with Gasteiger partial charge < -0.3 is 9.73 Å². The molecule has 30 heavy (non-hydrogen) atoms. The van der Waals surface area contributed by atoms with E-state index in [-0.39, 0.29) is 21.7 Å². The van der Waals surface area contributed by atoms with Gasteiger partial charge in [-0.1, -0.05) is 35.9 Å². The van der Waals surface area contributed by atoms with Gasteiger partial charge in [0.05, 0.1) is 4.90 Å². The summed E-state index contributed by atoms with van der Waals surface area (Å²) in [5.41, 5.74) is 3.30. The van der Waals surface area contributed by atoms with E-state index in [4.69, 9.17) is 4.42 Å². The van der Waals surface area contributed by atoms with Crippen LogP contribution in [0.25, 0.3) is 11.5 Å². The molecule has 4 rings (SSSR count). The number of hydrogen-bond acceptors (Lipinski definition) is 5. The molecule has 0 bridgehead atoms. The van der Waals surface area contributed by atoms with Crippen LogP contribution in [0.5, 0.6) is 0 Å². The highest BCUT2D eigenvalue weighted by molar-refractivity contribution is 7.91. The SMILES string of the molecule is Cc1ccc(Nc2oc(-c3ccccc3C)nc2S(=O)(=O)c2ccc(F)cc2)cc1. The summed E-state index contributed by atoms with van der Waals surface area (Å²) in [5.74, 6) is -0.336. The predicted octanol–water partition coefficient (Wildman–Crippen LogP) is 5.67. The molecule has 0 fully saturated rings. The fourth-order valence-corrected chi connectivity index (χ4v) is 4.25. The monoisotopic (exact) mass is 422 g/mol. The Kier molecular flexibility index (Phi) is 5.13. The summed E-state index contributed by atoms with van der Waals surface area (Å²) in [6, 6.07) is 19.5. The molecule has 1 N–H and O–H groups in total. The molecule has 152 valence electrons. The van der Waals surface area contributed by atoms with Gasteiger partial charge >= 0.3 is 0 Å². The average molecular weight is 422 g/mol. The molecular weight excluding hydrogens is 403 g/mol. The highest BCUT2D eigenvalue weighted by Crippen LogP contribution is 2.35. The van der Waals surface area contributed by atoms with Crippen molar-refractivity contribution < 1.29 is 17.2 Å². The summed E-state index contributed by atoms with van der Waals surface area (Å²) < 4.78 is 45.7. The van der Waals surface area contributed by atoms with E-state index in [1.807, 2.05) is 62.4 Å². The number of sulfone groups is 1. The molecule has 7 heteroatoms. The second kappa shape index (κ2) is 7.76. The number of aryl methyl sites for hydroxylation is 2. The minimum absolute atomic E-state index is 0.00133. The van der Waals surface area contributed by atoms with Crippen LogP contribution in [0.1, 0.15) is 11.1 Å². The number of nitrogens with zero attached hydrogens (tertiary/aromatic N) is 1. The minimum atomic E-state index is -4.05. The molecule has 3 aromatic carbocycles. The van der Waals surface area contributed by atoms with Crippen LogP contribution >= 0.6 is 0 Å². The molecule has 4 aromatic rings. The maximum atomic E-state index is 13.3. The van der Waals surface area contributed by atoms with E-state index in [1.54, 1.807) is 0 Å². The maximum absolute atomic E-state index is 13.3. The Morgan fingerprint density at radius 2 is 1.57 bits per heavy atom. The van der Waals surface area contributed by atoms with Crippen LogP contribution in [0, 0.1) is 19.7 Å². The van der Waals surface area contributed by atoms with Gasteiger partial charge in [0.1, 0.15) is 5.82 Å². The van der Waals surface area contributed by atoms with Gasteiger partial charge in [-0.15, -0.1) is 0 Å². The summed E-state index contributed by atoms with van der Waals surface area (Å²) in [6.45, 7) is 3.85. The number of benzene rings is 3. The van der Waals surface area contributed by atoms with Crippen molar-refractivity contribution in [1.29, 1.82) is 0 Å². The highest BCUT2D eigenvalue weighted by Gasteiger charge is 2.29. The van der Waals surface area contributed by atoms with Crippen LogP contribution in [0.3, 0.4) is 0 Å². The van der Waals surface area contributed by atoms with Gasteiger partial charge in [-0.05, 0) is 61.9 Å². The largest absolute Gasteiger partial charge is 0.419 e. The Morgan fingerprint density at radius 1 is 0.900 bits per heavy atom. The summed E-state index contributed by atoms with van der Waals surface area (Å²) in [7, 11) is -4.05. The van der Waals surface area contributed by atoms with Gasteiger partial charge in [-0.25, -0.2) is 12.8 Å². The van der Waals surface area contributed by atoms with E-state index in [1.165, 1.54) is 12.1 Å². The lowest BCUT2D eigenvalue weighted by Crippen LogP contribution is -2.05. The second-order valence-electron chi connectivity index (χ2n) is 6.92. The number of rotatable bonds is 5. The summed E-state index contributed by atoms with van der Waals surface area (Å²) in [4.78, 5) is 4.25. The lowest BCUT2D eigenvalue weighted by Gasteiger charge is -2.06. The summed E-state index contributed by atoms with van der Waals surface area (Å²) in [6.07, 6.45) is 0.